The van der Waals surface area contributed by atoms with Crippen molar-refractivity contribution < 1.29 is 0 Å². The van der Waals surface area contributed by atoms with E-state index in [0.29, 0.717) is 0 Å². The summed E-state index contributed by atoms with van der Waals surface area (Å²) in [5, 5.41) is 4.41. The monoisotopic (exact) mass is 201 g/mol. The average Bonchev–Trinajstić information content (AvgIpc) is 2.50. The molecule has 3 heteroatoms. The number of hydrogen-bond acceptors (Lipinski definition) is 2. The molecule has 0 amide bonds. The van der Waals surface area contributed by atoms with Crippen LogP contribution < -0.4 is 5.73 Å². The minimum atomic E-state index is 0.806. The molecule has 1 aromatic heterocycles. The Morgan fingerprint density at radius 2 is 1.87 bits per heavy atom. The molecule has 0 aliphatic carbocycles. The maximum absolute atomic E-state index is 5.87. The zero-order valence-corrected chi connectivity index (χ0v) is 9.28. The van der Waals surface area contributed by atoms with Gasteiger partial charge >= 0.3 is 0 Å². The van der Waals surface area contributed by atoms with Crippen molar-refractivity contribution in [3.8, 4) is 5.69 Å². The van der Waals surface area contributed by atoms with Crippen LogP contribution in [0.3, 0.4) is 0 Å². The number of nitrogens with two attached hydrogens (primary N) is 1. The number of rotatable bonds is 1. The molecular weight excluding hydrogens is 186 g/mol. The quantitative estimate of drug-likeness (QED) is 0.720. The van der Waals surface area contributed by atoms with Crippen LogP contribution in [0.5, 0.6) is 0 Å². The summed E-state index contributed by atoms with van der Waals surface area (Å²) in [5.41, 5.74) is 10.9. The number of aromatic nitrogens is 2. The van der Waals surface area contributed by atoms with Crippen LogP contribution in [0.15, 0.2) is 24.3 Å². The molecule has 0 bridgehead atoms. The molecule has 2 aromatic rings. The lowest BCUT2D eigenvalue weighted by Gasteiger charge is -2.06. The first-order valence-electron chi connectivity index (χ1n) is 4.97. The Hall–Kier alpha value is -1.77. The smallest absolute Gasteiger partial charge is 0.0669 e. The number of hydrogen-bond donors (Lipinski definition) is 1. The van der Waals surface area contributed by atoms with E-state index in [9.17, 15) is 0 Å². The van der Waals surface area contributed by atoms with Gasteiger partial charge in [-0.25, -0.2) is 4.68 Å². The zero-order valence-electron chi connectivity index (χ0n) is 9.28. The standard InChI is InChI=1S/C12H15N3/c1-8-4-5-11(7-12(8)13)15-10(3)6-9(2)14-15/h4-7H,13H2,1-3H3. The van der Waals surface area contributed by atoms with Crippen molar-refractivity contribution in [3.63, 3.8) is 0 Å². The molecule has 3 nitrogen and oxygen atoms in total. The van der Waals surface area contributed by atoms with Crippen molar-refractivity contribution in [2.24, 2.45) is 0 Å². The van der Waals surface area contributed by atoms with Gasteiger partial charge in [0.1, 0.15) is 0 Å². The van der Waals surface area contributed by atoms with Gasteiger partial charge in [0.15, 0.2) is 0 Å². The van der Waals surface area contributed by atoms with Gasteiger partial charge in [0.25, 0.3) is 0 Å². The SMILES string of the molecule is Cc1cc(C)n(-c2ccc(C)c(N)c2)n1. The van der Waals surface area contributed by atoms with E-state index in [1.807, 2.05) is 43.7 Å². The Morgan fingerprint density at radius 1 is 1.13 bits per heavy atom. The second kappa shape index (κ2) is 3.42. The Bertz CT molecular complexity index is 498. The fraction of sp³-hybridized carbons (Fsp3) is 0.250. The molecule has 0 aliphatic rings. The van der Waals surface area contributed by atoms with E-state index in [1.54, 1.807) is 0 Å². The van der Waals surface area contributed by atoms with Crippen molar-refractivity contribution in [2.45, 2.75) is 20.8 Å². The maximum atomic E-state index is 5.87. The lowest BCUT2D eigenvalue weighted by atomic mass is 10.2. The number of nitrogen functional groups attached to an aromatic ring is 1. The van der Waals surface area contributed by atoms with Crippen LogP contribution in [0.1, 0.15) is 17.0 Å². The second-order valence-electron chi connectivity index (χ2n) is 3.88. The lowest BCUT2D eigenvalue weighted by molar-refractivity contribution is 0.833. The van der Waals surface area contributed by atoms with Crippen molar-refractivity contribution in [3.05, 3.63) is 41.2 Å². The van der Waals surface area contributed by atoms with Crippen molar-refractivity contribution in [1.29, 1.82) is 0 Å². The number of benzene rings is 1. The Kier molecular flexibility index (Phi) is 2.23. The molecule has 1 aromatic carbocycles. The van der Waals surface area contributed by atoms with E-state index in [-0.39, 0.29) is 0 Å². The first kappa shape index (κ1) is 9.77. The Labute approximate surface area is 89.5 Å². The Morgan fingerprint density at radius 3 is 2.40 bits per heavy atom. The normalized spacial score (nSPS) is 10.6. The van der Waals surface area contributed by atoms with E-state index in [0.717, 1.165) is 28.3 Å². The van der Waals surface area contributed by atoms with Crippen LogP contribution in [-0.4, -0.2) is 9.78 Å². The van der Waals surface area contributed by atoms with Crippen LogP contribution >= 0.6 is 0 Å². The van der Waals surface area contributed by atoms with Crippen molar-refractivity contribution in [1.82, 2.24) is 9.78 Å². The van der Waals surface area contributed by atoms with E-state index in [1.165, 1.54) is 0 Å². The number of nitrogens with zero attached hydrogens (tertiary/aromatic N) is 2. The Balaban J connectivity index is 2.54. The third kappa shape index (κ3) is 1.73. The molecule has 0 radical (unpaired) electrons. The van der Waals surface area contributed by atoms with Crippen LogP contribution in [0.25, 0.3) is 5.69 Å². The van der Waals surface area contributed by atoms with Gasteiger partial charge in [-0.05, 0) is 44.5 Å². The predicted octanol–water partition coefficient (Wildman–Crippen LogP) is 2.38. The molecule has 0 saturated carbocycles. The highest BCUT2D eigenvalue weighted by molar-refractivity contribution is 5.53. The average molecular weight is 201 g/mol. The molecular formula is C12H15N3. The van der Waals surface area contributed by atoms with Gasteiger partial charge in [0, 0.05) is 11.4 Å². The number of aryl methyl sites for hydroxylation is 3. The minimum Gasteiger partial charge on any atom is -0.398 e. The summed E-state index contributed by atoms with van der Waals surface area (Å²) in [6.07, 6.45) is 0. The molecule has 1 heterocycles. The van der Waals surface area contributed by atoms with Gasteiger partial charge in [-0.3, -0.25) is 0 Å². The molecule has 15 heavy (non-hydrogen) atoms. The van der Waals surface area contributed by atoms with Crippen LogP contribution in [-0.2, 0) is 0 Å². The highest BCUT2D eigenvalue weighted by Gasteiger charge is 2.04. The van der Waals surface area contributed by atoms with Gasteiger partial charge in [-0.15, -0.1) is 0 Å². The first-order valence-corrected chi connectivity index (χ1v) is 4.97. The summed E-state index contributed by atoms with van der Waals surface area (Å²) < 4.78 is 1.91. The predicted molar refractivity (Wildman–Crippen MR) is 62.2 cm³/mol. The third-order valence-corrected chi connectivity index (χ3v) is 2.52. The van der Waals surface area contributed by atoms with Gasteiger partial charge in [-0.1, -0.05) is 6.07 Å². The fourth-order valence-corrected chi connectivity index (χ4v) is 1.65. The fourth-order valence-electron chi connectivity index (χ4n) is 1.65. The third-order valence-electron chi connectivity index (χ3n) is 2.52. The number of anilines is 1. The molecule has 0 spiro atoms. The van der Waals surface area contributed by atoms with E-state index >= 15 is 0 Å². The van der Waals surface area contributed by atoms with Crippen LogP contribution in [0, 0.1) is 20.8 Å². The van der Waals surface area contributed by atoms with Gasteiger partial charge < -0.3 is 5.73 Å². The van der Waals surface area contributed by atoms with E-state index in [4.69, 9.17) is 5.73 Å². The molecule has 78 valence electrons. The van der Waals surface area contributed by atoms with Crippen molar-refractivity contribution >= 4 is 5.69 Å². The molecule has 0 atom stereocenters. The molecule has 0 fully saturated rings. The maximum Gasteiger partial charge on any atom is 0.0669 e. The molecule has 0 aliphatic heterocycles. The highest BCUT2D eigenvalue weighted by Crippen LogP contribution is 2.17. The highest BCUT2D eigenvalue weighted by atomic mass is 15.3. The molecule has 2 N–H and O–H groups in total. The van der Waals surface area contributed by atoms with Gasteiger partial charge in [0.05, 0.1) is 11.4 Å². The van der Waals surface area contributed by atoms with Gasteiger partial charge in [-0.2, -0.15) is 5.10 Å². The topological polar surface area (TPSA) is 43.8 Å². The molecule has 0 saturated heterocycles. The summed E-state index contributed by atoms with van der Waals surface area (Å²) in [6.45, 7) is 6.03. The molecule has 0 unspecified atom stereocenters. The zero-order chi connectivity index (χ0) is 11.0. The minimum absolute atomic E-state index is 0.806. The second-order valence-corrected chi connectivity index (χ2v) is 3.88. The lowest BCUT2D eigenvalue weighted by Crippen LogP contribution is -2.00. The van der Waals surface area contributed by atoms with Gasteiger partial charge in [0.2, 0.25) is 0 Å². The van der Waals surface area contributed by atoms with E-state index in [2.05, 4.69) is 11.2 Å². The van der Waals surface area contributed by atoms with Crippen LogP contribution in [0.2, 0.25) is 0 Å². The van der Waals surface area contributed by atoms with Crippen molar-refractivity contribution in [2.75, 3.05) is 5.73 Å². The first-order chi connectivity index (χ1) is 7.08. The van der Waals surface area contributed by atoms with E-state index < -0.39 is 0 Å². The largest absolute Gasteiger partial charge is 0.398 e. The van der Waals surface area contributed by atoms with Crippen LogP contribution in [0.4, 0.5) is 5.69 Å². The molecule has 2 rings (SSSR count). The summed E-state index contributed by atoms with van der Waals surface area (Å²) in [7, 11) is 0. The summed E-state index contributed by atoms with van der Waals surface area (Å²) in [6, 6.07) is 8.05. The summed E-state index contributed by atoms with van der Waals surface area (Å²) >= 11 is 0. The summed E-state index contributed by atoms with van der Waals surface area (Å²) in [5.74, 6) is 0. The summed E-state index contributed by atoms with van der Waals surface area (Å²) in [4.78, 5) is 0.